The van der Waals surface area contributed by atoms with E-state index in [4.69, 9.17) is 9.47 Å². The van der Waals surface area contributed by atoms with Gasteiger partial charge in [0.2, 0.25) is 5.91 Å². The Kier molecular flexibility index (Phi) is 8.03. The summed E-state index contributed by atoms with van der Waals surface area (Å²) in [5, 5.41) is 5.44. The normalized spacial score (nSPS) is 14.2. The lowest BCUT2D eigenvalue weighted by molar-refractivity contribution is -0.127. The highest BCUT2D eigenvalue weighted by Gasteiger charge is 2.13. The van der Waals surface area contributed by atoms with E-state index in [1.165, 1.54) is 5.56 Å². The second kappa shape index (κ2) is 11.2. The molecule has 29 heavy (non-hydrogen) atoms. The minimum absolute atomic E-state index is 0.0807. The molecule has 154 valence electrons. The molecule has 0 saturated carbocycles. The molecule has 0 aromatic heterocycles. The van der Waals surface area contributed by atoms with Crippen molar-refractivity contribution in [1.29, 1.82) is 0 Å². The molecule has 2 N–H and O–H groups in total. The largest absolute Gasteiger partial charge is 0.484 e. The zero-order chi connectivity index (χ0) is 20.3. The number of hydrogen-bond donors (Lipinski definition) is 2. The number of ether oxygens (including phenoxy) is 2. The number of morpholine rings is 1. The monoisotopic (exact) mass is 397 g/mol. The number of para-hydroxylation sites is 1. The van der Waals surface area contributed by atoms with Crippen molar-refractivity contribution in [3.8, 4) is 5.75 Å². The van der Waals surface area contributed by atoms with Gasteiger partial charge in [0.15, 0.2) is 6.61 Å². The third-order valence-electron chi connectivity index (χ3n) is 4.65. The van der Waals surface area contributed by atoms with Crippen LogP contribution in [-0.2, 0) is 27.4 Å². The fourth-order valence-electron chi connectivity index (χ4n) is 3.04. The van der Waals surface area contributed by atoms with E-state index in [9.17, 15) is 9.59 Å². The highest BCUT2D eigenvalue weighted by atomic mass is 16.5. The molecule has 7 heteroatoms. The second-order valence-electron chi connectivity index (χ2n) is 6.81. The van der Waals surface area contributed by atoms with Crippen molar-refractivity contribution in [2.45, 2.75) is 13.1 Å². The van der Waals surface area contributed by atoms with Crippen LogP contribution >= 0.6 is 0 Å². The van der Waals surface area contributed by atoms with Crippen molar-refractivity contribution < 1.29 is 19.1 Å². The van der Waals surface area contributed by atoms with Crippen LogP contribution in [0.4, 0.5) is 0 Å². The molecule has 3 rings (SSSR count). The minimum atomic E-state index is -0.336. The van der Waals surface area contributed by atoms with E-state index in [2.05, 4.69) is 21.6 Å². The zero-order valence-electron chi connectivity index (χ0n) is 16.4. The molecule has 1 fully saturated rings. The maximum absolute atomic E-state index is 12.1. The Labute approximate surface area is 171 Å². The third-order valence-corrected chi connectivity index (χ3v) is 4.65. The van der Waals surface area contributed by atoms with E-state index in [-0.39, 0.29) is 25.0 Å². The smallest absolute Gasteiger partial charge is 0.258 e. The number of benzene rings is 2. The second-order valence-corrected chi connectivity index (χ2v) is 6.81. The van der Waals surface area contributed by atoms with Gasteiger partial charge in [-0.1, -0.05) is 42.5 Å². The molecule has 1 heterocycles. The average molecular weight is 397 g/mol. The van der Waals surface area contributed by atoms with Crippen LogP contribution < -0.4 is 15.4 Å². The molecule has 0 aliphatic carbocycles. The quantitative estimate of drug-likeness (QED) is 0.667. The summed E-state index contributed by atoms with van der Waals surface area (Å²) in [7, 11) is 0. The maximum Gasteiger partial charge on any atom is 0.258 e. The Bertz CT molecular complexity index is 792. The number of rotatable bonds is 9. The number of carbonyl (C=O) groups is 2. The van der Waals surface area contributed by atoms with Crippen LogP contribution in [0.5, 0.6) is 5.75 Å². The summed E-state index contributed by atoms with van der Waals surface area (Å²) in [6, 6.07) is 17.2. The number of amides is 2. The minimum Gasteiger partial charge on any atom is -0.484 e. The van der Waals surface area contributed by atoms with Gasteiger partial charge < -0.3 is 20.1 Å². The first-order valence-corrected chi connectivity index (χ1v) is 9.79. The van der Waals surface area contributed by atoms with E-state index in [1.807, 2.05) is 36.4 Å². The standard InChI is InChI=1S/C22H27N3O4/c26-21(15-24-22(27)17-29-20-8-2-1-3-9-20)23-14-18-6-4-5-7-19(18)16-25-10-12-28-13-11-25/h1-9H,10-17H2,(H,23,26)(H,24,27). The van der Waals surface area contributed by atoms with Crippen molar-refractivity contribution in [2.24, 2.45) is 0 Å². The van der Waals surface area contributed by atoms with Crippen LogP contribution in [0.1, 0.15) is 11.1 Å². The van der Waals surface area contributed by atoms with Gasteiger partial charge in [-0.05, 0) is 23.3 Å². The van der Waals surface area contributed by atoms with Gasteiger partial charge >= 0.3 is 0 Å². The Balaban J connectivity index is 1.39. The molecule has 0 spiro atoms. The lowest BCUT2D eigenvalue weighted by Crippen LogP contribution is -2.39. The number of hydrogen-bond acceptors (Lipinski definition) is 5. The van der Waals surface area contributed by atoms with Gasteiger partial charge in [-0.2, -0.15) is 0 Å². The lowest BCUT2D eigenvalue weighted by atomic mass is 10.1. The summed E-state index contributed by atoms with van der Waals surface area (Å²) in [5.74, 6) is 0.0416. The van der Waals surface area contributed by atoms with Gasteiger partial charge in [0.05, 0.1) is 19.8 Å². The van der Waals surface area contributed by atoms with Gasteiger partial charge in [-0.15, -0.1) is 0 Å². The van der Waals surface area contributed by atoms with E-state index in [0.29, 0.717) is 12.3 Å². The van der Waals surface area contributed by atoms with Crippen LogP contribution in [0, 0.1) is 0 Å². The maximum atomic E-state index is 12.1. The Hall–Kier alpha value is -2.90. The molecule has 2 aromatic rings. The van der Waals surface area contributed by atoms with Crippen molar-refractivity contribution in [1.82, 2.24) is 15.5 Å². The molecule has 7 nitrogen and oxygen atoms in total. The van der Waals surface area contributed by atoms with E-state index in [0.717, 1.165) is 38.4 Å². The molecule has 0 bridgehead atoms. The molecular weight excluding hydrogens is 370 g/mol. The van der Waals surface area contributed by atoms with Gasteiger partial charge in [0.25, 0.3) is 5.91 Å². The van der Waals surface area contributed by atoms with Gasteiger partial charge in [0.1, 0.15) is 5.75 Å². The molecule has 1 aliphatic heterocycles. The van der Waals surface area contributed by atoms with Crippen molar-refractivity contribution in [3.05, 3.63) is 65.7 Å². The molecule has 1 saturated heterocycles. The van der Waals surface area contributed by atoms with Crippen LogP contribution in [0.2, 0.25) is 0 Å². The summed E-state index contributed by atoms with van der Waals surface area (Å²) >= 11 is 0. The summed E-state index contributed by atoms with van der Waals surface area (Å²) < 4.78 is 10.8. The Morgan fingerprint density at radius 2 is 1.59 bits per heavy atom. The fourth-order valence-corrected chi connectivity index (χ4v) is 3.04. The fraction of sp³-hybridized carbons (Fsp3) is 0.364. The first-order chi connectivity index (χ1) is 14.2. The predicted octanol–water partition coefficient (Wildman–Crippen LogP) is 1.33. The van der Waals surface area contributed by atoms with Crippen LogP contribution in [0.3, 0.4) is 0 Å². The SMILES string of the molecule is O=C(CNC(=O)COc1ccccc1)NCc1ccccc1CN1CCOCC1. The van der Waals surface area contributed by atoms with Gasteiger partial charge in [-0.3, -0.25) is 14.5 Å². The predicted molar refractivity (Wildman–Crippen MR) is 109 cm³/mol. The number of nitrogens with one attached hydrogen (secondary N) is 2. The summed E-state index contributed by atoms with van der Waals surface area (Å²) in [4.78, 5) is 26.3. The van der Waals surface area contributed by atoms with Crippen LogP contribution in [-0.4, -0.2) is 56.2 Å². The summed E-state index contributed by atoms with van der Waals surface area (Å²) in [6.07, 6.45) is 0. The topological polar surface area (TPSA) is 79.9 Å². The summed E-state index contributed by atoms with van der Waals surface area (Å²) in [6.45, 7) is 4.40. The molecule has 0 radical (unpaired) electrons. The zero-order valence-corrected chi connectivity index (χ0v) is 16.4. The molecule has 0 atom stereocenters. The summed E-state index contributed by atoms with van der Waals surface area (Å²) in [5.41, 5.74) is 2.26. The van der Waals surface area contributed by atoms with E-state index >= 15 is 0 Å². The third kappa shape index (κ3) is 7.21. The first kappa shape index (κ1) is 20.8. The molecular formula is C22H27N3O4. The first-order valence-electron chi connectivity index (χ1n) is 9.79. The Morgan fingerprint density at radius 1 is 0.897 bits per heavy atom. The van der Waals surface area contributed by atoms with Crippen molar-refractivity contribution in [2.75, 3.05) is 39.5 Å². The van der Waals surface area contributed by atoms with Crippen LogP contribution in [0.25, 0.3) is 0 Å². The molecule has 1 aliphatic rings. The highest BCUT2D eigenvalue weighted by Crippen LogP contribution is 2.13. The van der Waals surface area contributed by atoms with E-state index < -0.39 is 0 Å². The van der Waals surface area contributed by atoms with Gasteiger partial charge in [-0.25, -0.2) is 0 Å². The van der Waals surface area contributed by atoms with Gasteiger partial charge in [0, 0.05) is 26.2 Å². The number of nitrogens with zero attached hydrogens (tertiary/aromatic N) is 1. The lowest BCUT2D eigenvalue weighted by Gasteiger charge is -2.27. The highest BCUT2D eigenvalue weighted by molar-refractivity contribution is 5.85. The average Bonchev–Trinajstić information content (AvgIpc) is 2.77. The molecule has 2 amide bonds. The molecule has 2 aromatic carbocycles. The van der Waals surface area contributed by atoms with Crippen molar-refractivity contribution >= 4 is 11.8 Å². The Morgan fingerprint density at radius 3 is 2.34 bits per heavy atom. The number of carbonyl (C=O) groups excluding carboxylic acids is 2. The van der Waals surface area contributed by atoms with E-state index in [1.54, 1.807) is 12.1 Å². The molecule has 0 unspecified atom stereocenters. The van der Waals surface area contributed by atoms with Crippen molar-refractivity contribution in [3.63, 3.8) is 0 Å². The van der Waals surface area contributed by atoms with Crippen LogP contribution in [0.15, 0.2) is 54.6 Å².